The molecule has 36 heavy (non-hydrogen) atoms. The Kier molecular flexibility index (Phi) is 8.80. The number of nitrogens with zero attached hydrogens (tertiary/aromatic N) is 2. The maximum atomic E-state index is 9.93. The van der Waals surface area contributed by atoms with Crippen LogP contribution in [0.3, 0.4) is 0 Å². The minimum Gasteiger partial charge on any atom is -0.508 e. The molecular formula is C31H40N2O2Si. The van der Waals surface area contributed by atoms with Crippen LogP contribution in [-0.2, 0) is 0 Å². The minimum absolute atomic E-state index is 0.157. The summed E-state index contributed by atoms with van der Waals surface area (Å²) in [5, 5.41) is 21.0. The highest BCUT2D eigenvalue weighted by atomic mass is 28.3. The fraction of sp³-hybridized carbons (Fsp3) is 0.355. The normalized spacial score (nSPS) is 16.1. The van der Waals surface area contributed by atoms with E-state index in [0.29, 0.717) is 6.42 Å². The van der Waals surface area contributed by atoms with Gasteiger partial charge in [-0.2, -0.15) is 0 Å². The number of aromatic hydroxyl groups is 1. The summed E-state index contributed by atoms with van der Waals surface area (Å²) in [7, 11) is 0.590. The van der Waals surface area contributed by atoms with Crippen LogP contribution in [-0.4, -0.2) is 74.1 Å². The van der Waals surface area contributed by atoms with Gasteiger partial charge in [0.15, 0.2) is 0 Å². The summed E-state index contributed by atoms with van der Waals surface area (Å²) in [6.45, 7) is 9.74. The molecule has 4 rings (SSSR count). The van der Waals surface area contributed by atoms with Crippen LogP contribution in [0.4, 0.5) is 0 Å². The number of allylic oxidation sites excluding steroid dienone is 1. The lowest BCUT2D eigenvalue weighted by atomic mass is 9.87. The molecule has 1 aliphatic heterocycles. The zero-order chi connectivity index (χ0) is 25.5. The number of benzene rings is 3. The minimum atomic E-state index is -1.62. The molecular weight excluding hydrogens is 460 g/mol. The molecule has 0 amide bonds. The number of hydrogen-bond donors (Lipinski definition) is 2. The third-order valence-corrected chi connectivity index (χ3v) is 10.5. The molecule has 0 radical (unpaired) electrons. The molecule has 2 N–H and O–H groups in total. The average molecular weight is 501 g/mol. The summed E-state index contributed by atoms with van der Waals surface area (Å²) in [5.41, 5.74) is 5.80. The van der Waals surface area contributed by atoms with Gasteiger partial charge < -0.3 is 20.0 Å². The van der Waals surface area contributed by atoms with Gasteiger partial charge in [-0.3, -0.25) is 0 Å². The van der Waals surface area contributed by atoms with E-state index in [4.69, 9.17) is 0 Å². The van der Waals surface area contributed by atoms with E-state index in [0.717, 1.165) is 38.2 Å². The molecule has 1 saturated heterocycles. The summed E-state index contributed by atoms with van der Waals surface area (Å²) in [6.07, 6.45) is 2.67. The summed E-state index contributed by atoms with van der Waals surface area (Å²) < 4.78 is 0. The predicted octanol–water partition coefficient (Wildman–Crippen LogP) is 4.83. The summed E-state index contributed by atoms with van der Waals surface area (Å²) >= 11 is 0. The molecule has 1 fully saturated rings. The monoisotopic (exact) mass is 500 g/mol. The first-order valence-corrected chi connectivity index (χ1v) is 16.3. The lowest BCUT2D eigenvalue weighted by Crippen LogP contribution is -2.56. The topological polar surface area (TPSA) is 46.9 Å². The van der Waals surface area contributed by atoms with Crippen molar-refractivity contribution in [2.45, 2.75) is 25.9 Å². The van der Waals surface area contributed by atoms with Crippen molar-refractivity contribution < 1.29 is 10.2 Å². The van der Waals surface area contributed by atoms with Crippen molar-refractivity contribution in [3.8, 4) is 5.75 Å². The highest BCUT2D eigenvalue weighted by Crippen LogP contribution is 2.35. The molecule has 0 spiro atoms. The Hall–Kier alpha value is -2.70. The summed E-state index contributed by atoms with van der Waals surface area (Å²) in [5.74, 6) is 0.265. The Morgan fingerprint density at radius 3 is 1.94 bits per heavy atom. The summed E-state index contributed by atoms with van der Waals surface area (Å²) in [6, 6.07) is 27.2. The predicted molar refractivity (Wildman–Crippen MR) is 154 cm³/mol. The van der Waals surface area contributed by atoms with E-state index in [1.165, 1.54) is 33.6 Å². The van der Waals surface area contributed by atoms with Crippen LogP contribution in [0.1, 0.15) is 29.5 Å². The third kappa shape index (κ3) is 6.54. The number of likely N-dealkylation sites (N-methyl/N-ethyl adjacent to an activating group) is 1. The van der Waals surface area contributed by atoms with Gasteiger partial charge in [0.25, 0.3) is 0 Å². The first-order valence-electron chi connectivity index (χ1n) is 13.1. The Balaban J connectivity index is 1.72. The van der Waals surface area contributed by atoms with Crippen LogP contribution >= 0.6 is 0 Å². The number of piperazine rings is 1. The Labute approximate surface area is 217 Å². The van der Waals surface area contributed by atoms with E-state index in [1.807, 2.05) is 18.2 Å². The van der Waals surface area contributed by atoms with E-state index >= 15 is 0 Å². The van der Waals surface area contributed by atoms with E-state index < -0.39 is 8.07 Å². The number of rotatable bonds is 9. The van der Waals surface area contributed by atoms with Gasteiger partial charge in [0.2, 0.25) is 0 Å². The molecule has 4 nitrogen and oxygen atoms in total. The first-order chi connectivity index (χ1) is 17.4. The van der Waals surface area contributed by atoms with Gasteiger partial charge in [-0.15, -0.1) is 0 Å². The third-order valence-electron chi connectivity index (χ3n) is 7.33. The van der Waals surface area contributed by atoms with Crippen molar-refractivity contribution in [3.63, 3.8) is 0 Å². The van der Waals surface area contributed by atoms with Crippen LogP contribution in [0.15, 0.2) is 78.9 Å². The highest BCUT2D eigenvalue weighted by Gasteiger charge is 2.28. The second kappa shape index (κ2) is 12.0. The molecule has 1 aliphatic rings. The second-order valence-corrected chi connectivity index (χ2v) is 15.3. The molecule has 0 aromatic heterocycles. The van der Waals surface area contributed by atoms with Gasteiger partial charge in [-0.25, -0.2) is 0 Å². The fourth-order valence-corrected chi connectivity index (χ4v) is 7.88. The molecule has 190 valence electrons. The Bertz CT molecular complexity index is 1130. The van der Waals surface area contributed by atoms with Crippen LogP contribution < -0.4 is 5.19 Å². The Morgan fingerprint density at radius 2 is 1.36 bits per heavy atom. The van der Waals surface area contributed by atoms with Gasteiger partial charge >= 0.3 is 0 Å². The lowest BCUT2D eigenvalue weighted by Gasteiger charge is -2.37. The first kappa shape index (κ1) is 26.4. The van der Waals surface area contributed by atoms with Crippen molar-refractivity contribution in [1.29, 1.82) is 0 Å². The highest BCUT2D eigenvalue weighted by molar-refractivity contribution is 6.90. The molecule has 3 aromatic carbocycles. The largest absolute Gasteiger partial charge is 0.508 e. The molecule has 1 heterocycles. The summed E-state index contributed by atoms with van der Waals surface area (Å²) in [4.78, 5) is 5.06. The molecule has 0 aliphatic carbocycles. The van der Waals surface area contributed by atoms with Gasteiger partial charge in [0.05, 0.1) is 8.07 Å². The fourth-order valence-electron chi connectivity index (χ4n) is 5.20. The maximum Gasteiger partial charge on any atom is 0.115 e. The van der Waals surface area contributed by atoms with Gasteiger partial charge in [-0.1, -0.05) is 85.0 Å². The van der Waals surface area contributed by atoms with Gasteiger partial charge in [-0.05, 0) is 66.0 Å². The van der Waals surface area contributed by atoms with Crippen molar-refractivity contribution in [2.75, 3.05) is 46.0 Å². The number of phenols is 1. The van der Waals surface area contributed by atoms with Crippen molar-refractivity contribution in [1.82, 2.24) is 9.80 Å². The van der Waals surface area contributed by atoms with Crippen molar-refractivity contribution >= 4 is 24.4 Å². The maximum absolute atomic E-state index is 9.93. The molecule has 0 saturated carbocycles. The van der Waals surface area contributed by atoms with Crippen LogP contribution in [0, 0.1) is 0 Å². The van der Waals surface area contributed by atoms with Crippen LogP contribution in [0.5, 0.6) is 5.75 Å². The van der Waals surface area contributed by atoms with Crippen molar-refractivity contribution in [3.05, 3.63) is 95.6 Å². The quantitative estimate of drug-likeness (QED) is 0.327. The SMILES string of the molecule is CN1CCN(C[Si](C)(C)c2ccc(C(=C(CCCO)c3ccccc3)c3ccc(O)cc3)cc2)CC1. The molecule has 5 heteroatoms. The van der Waals surface area contributed by atoms with E-state index in [-0.39, 0.29) is 12.4 Å². The Morgan fingerprint density at radius 1 is 0.778 bits per heavy atom. The second-order valence-electron chi connectivity index (χ2n) is 10.6. The molecule has 0 bridgehead atoms. The van der Waals surface area contributed by atoms with Gasteiger partial charge in [0.1, 0.15) is 5.75 Å². The van der Waals surface area contributed by atoms with Gasteiger partial charge in [0, 0.05) is 32.8 Å². The molecule has 3 aromatic rings. The lowest BCUT2D eigenvalue weighted by molar-refractivity contribution is 0.171. The van der Waals surface area contributed by atoms with E-state index in [9.17, 15) is 10.2 Å². The number of phenolic OH excluding ortho intramolecular Hbond substituents is 1. The molecule has 0 atom stereocenters. The molecule has 0 unspecified atom stereocenters. The van der Waals surface area contributed by atoms with E-state index in [2.05, 4.69) is 78.5 Å². The zero-order valence-corrected chi connectivity index (χ0v) is 23.0. The zero-order valence-electron chi connectivity index (χ0n) is 22.0. The van der Waals surface area contributed by atoms with Crippen LogP contribution in [0.25, 0.3) is 11.1 Å². The average Bonchev–Trinajstić information content (AvgIpc) is 2.89. The number of aliphatic hydroxyl groups excluding tert-OH is 1. The number of aliphatic hydroxyl groups is 1. The van der Waals surface area contributed by atoms with Crippen molar-refractivity contribution in [2.24, 2.45) is 0 Å². The standard InChI is InChI=1S/C31H40N2O2Si/c1-32-19-21-33(22-20-32)24-36(2,3)29-17-13-27(14-18-29)31(26-11-15-28(35)16-12-26)30(10-7-23-34)25-8-5-4-6-9-25/h4-6,8-9,11-18,34-35H,7,10,19-24H2,1-3H3. The number of hydrogen-bond acceptors (Lipinski definition) is 4. The van der Waals surface area contributed by atoms with Crippen LogP contribution in [0.2, 0.25) is 13.1 Å². The van der Waals surface area contributed by atoms with E-state index in [1.54, 1.807) is 12.1 Å². The smallest absolute Gasteiger partial charge is 0.115 e.